The SMILES string of the molecule is FC(F)(F)c1cccc(NCC2CCCCO2)c1. The molecule has 0 bridgehead atoms. The number of rotatable bonds is 3. The van der Waals surface area contributed by atoms with Crippen molar-refractivity contribution in [3.63, 3.8) is 0 Å². The molecular weight excluding hydrogens is 243 g/mol. The number of ether oxygens (including phenoxy) is 1. The van der Waals surface area contributed by atoms with Crippen LogP contribution in [0, 0.1) is 0 Å². The number of nitrogens with one attached hydrogen (secondary N) is 1. The molecule has 1 atom stereocenters. The van der Waals surface area contributed by atoms with E-state index in [1.165, 1.54) is 6.07 Å². The number of hydrogen-bond acceptors (Lipinski definition) is 2. The molecule has 1 aromatic carbocycles. The fourth-order valence-corrected chi connectivity index (χ4v) is 2.01. The molecule has 0 saturated carbocycles. The molecule has 0 aromatic heterocycles. The first kappa shape index (κ1) is 13.2. The first-order valence-corrected chi connectivity index (χ1v) is 6.08. The van der Waals surface area contributed by atoms with E-state index in [0.717, 1.165) is 38.0 Å². The zero-order valence-electron chi connectivity index (χ0n) is 9.96. The molecule has 2 rings (SSSR count). The molecule has 1 aliphatic rings. The summed E-state index contributed by atoms with van der Waals surface area (Å²) in [5, 5.41) is 3.00. The van der Waals surface area contributed by atoms with Crippen LogP contribution in [0.25, 0.3) is 0 Å². The van der Waals surface area contributed by atoms with E-state index in [2.05, 4.69) is 5.32 Å². The number of benzene rings is 1. The summed E-state index contributed by atoms with van der Waals surface area (Å²) in [5.74, 6) is 0. The van der Waals surface area contributed by atoms with E-state index in [-0.39, 0.29) is 6.10 Å². The Balaban J connectivity index is 1.92. The third kappa shape index (κ3) is 3.63. The molecule has 1 fully saturated rings. The zero-order chi connectivity index (χ0) is 13.0. The lowest BCUT2D eigenvalue weighted by Gasteiger charge is -2.23. The van der Waals surface area contributed by atoms with Crippen molar-refractivity contribution in [2.45, 2.75) is 31.5 Å². The van der Waals surface area contributed by atoms with Gasteiger partial charge < -0.3 is 10.1 Å². The maximum atomic E-state index is 12.5. The normalized spacial score (nSPS) is 20.7. The van der Waals surface area contributed by atoms with E-state index >= 15 is 0 Å². The Morgan fingerprint density at radius 1 is 1.28 bits per heavy atom. The highest BCUT2D eigenvalue weighted by Gasteiger charge is 2.30. The third-order valence-electron chi connectivity index (χ3n) is 3.00. The van der Waals surface area contributed by atoms with Gasteiger partial charge in [-0.3, -0.25) is 0 Å². The molecule has 1 aromatic rings. The van der Waals surface area contributed by atoms with Gasteiger partial charge in [0.05, 0.1) is 11.7 Å². The minimum Gasteiger partial charge on any atom is -0.382 e. The maximum Gasteiger partial charge on any atom is 0.416 e. The fraction of sp³-hybridized carbons (Fsp3) is 0.538. The maximum absolute atomic E-state index is 12.5. The van der Waals surface area contributed by atoms with Crippen molar-refractivity contribution < 1.29 is 17.9 Å². The molecule has 1 unspecified atom stereocenters. The minimum atomic E-state index is -4.29. The van der Waals surface area contributed by atoms with E-state index in [0.29, 0.717) is 12.2 Å². The number of anilines is 1. The topological polar surface area (TPSA) is 21.3 Å². The van der Waals surface area contributed by atoms with Crippen molar-refractivity contribution in [1.82, 2.24) is 0 Å². The van der Waals surface area contributed by atoms with Gasteiger partial charge in [0.2, 0.25) is 0 Å². The molecule has 0 amide bonds. The molecular formula is C13H16F3NO. The summed E-state index contributed by atoms with van der Waals surface area (Å²) < 4.78 is 43.0. The molecule has 1 N–H and O–H groups in total. The van der Waals surface area contributed by atoms with Crippen molar-refractivity contribution in [3.8, 4) is 0 Å². The van der Waals surface area contributed by atoms with E-state index in [9.17, 15) is 13.2 Å². The molecule has 18 heavy (non-hydrogen) atoms. The van der Waals surface area contributed by atoms with E-state index in [1.54, 1.807) is 6.07 Å². The quantitative estimate of drug-likeness (QED) is 0.894. The Labute approximate surface area is 104 Å². The lowest BCUT2D eigenvalue weighted by Crippen LogP contribution is -2.27. The van der Waals surface area contributed by atoms with Gasteiger partial charge in [0.25, 0.3) is 0 Å². The molecule has 1 heterocycles. The van der Waals surface area contributed by atoms with Crippen LogP contribution in [0.2, 0.25) is 0 Å². The Kier molecular flexibility index (Phi) is 4.11. The molecule has 100 valence electrons. The second kappa shape index (κ2) is 5.61. The van der Waals surface area contributed by atoms with Crippen molar-refractivity contribution in [1.29, 1.82) is 0 Å². The summed E-state index contributed by atoms with van der Waals surface area (Å²) in [7, 11) is 0. The Morgan fingerprint density at radius 3 is 2.78 bits per heavy atom. The highest BCUT2D eigenvalue weighted by Crippen LogP contribution is 2.30. The van der Waals surface area contributed by atoms with Gasteiger partial charge in [0.1, 0.15) is 0 Å². The van der Waals surface area contributed by atoms with Crippen molar-refractivity contribution in [3.05, 3.63) is 29.8 Å². The molecule has 0 aliphatic carbocycles. The summed E-state index contributed by atoms with van der Waals surface area (Å²) in [6.07, 6.45) is -1.03. The molecule has 0 radical (unpaired) electrons. The van der Waals surface area contributed by atoms with Crippen LogP contribution >= 0.6 is 0 Å². The molecule has 2 nitrogen and oxygen atoms in total. The Bertz CT molecular complexity index is 386. The summed E-state index contributed by atoms with van der Waals surface area (Å²) in [6.45, 7) is 1.30. The summed E-state index contributed by atoms with van der Waals surface area (Å²) in [4.78, 5) is 0. The van der Waals surface area contributed by atoms with Crippen LogP contribution in [0.4, 0.5) is 18.9 Å². The zero-order valence-corrected chi connectivity index (χ0v) is 9.96. The number of alkyl halides is 3. The second-order valence-corrected chi connectivity index (χ2v) is 4.45. The predicted molar refractivity (Wildman–Crippen MR) is 63.5 cm³/mol. The van der Waals surface area contributed by atoms with Gasteiger partial charge in [-0.1, -0.05) is 6.07 Å². The van der Waals surface area contributed by atoms with Gasteiger partial charge in [0, 0.05) is 18.8 Å². The minimum absolute atomic E-state index is 0.105. The predicted octanol–water partition coefficient (Wildman–Crippen LogP) is 3.69. The van der Waals surface area contributed by atoms with E-state index in [1.807, 2.05) is 0 Å². The number of halogens is 3. The van der Waals surface area contributed by atoms with Gasteiger partial charge in [-0.25, -0.2) is 0 Å². The van der Waals surface area contributed by atoms with Gasteiger partial charge in [-0.2, -0.15) is 13.2 Å². The van der Waals surface area contributed by atoms with Crippen LogP contribution in [0.3, 0.4) is 0 Å². The highest BCUT2D eigenvalue weighted by atomic mass is 19.4. The molecule has 0 spiro atoms. The summed E-state index contributed by atoms with van der Waals surface area (Å²) in [5.41, 5.74) is -0.143. The summed E-state index contributed by atoms with van der Waals surface area (Å²) in [6, 6.07) is 5.25. The van der Waals surface area contributed by atoms with Crippen molar-refractivity contribution in [2.75, 3.05) is 18.5 Å². The molecule has 5 heteroatoms. The lowest BCUT2D eigenvalue weighted by atomic mass is 10.1. The molecule has 1 saturated heterocycles. The van der Waals surface area contributed by atoms with Crippen molar-refractivity contribution in [2.24, 2.45) is 0 Å². The van der Waals surface area contributed by atoms with Gasteiger partial charge in [-0.05, 0) is 37.5 Å². The van der Waals surface area contributed by atoms with Crippen LogP contribution in [0.5, 0.6) is 0 Å². The van der Waals surface area contributed by atoms with Gasteiger partial charge >= 0.3 is 6.18 Å². The third-order valence-corrected chi connectivity index (χ3v) is 3.00. The Hall–Kier alpha value is -1.23. The monoisotopic (exact) mass is 259 g/mol. The van der Waals surface area contributed by atoms with Gasteiger partial charge in [-0.15, -0.1) is 0 Å². The second-order valence-electron chi connectivity index (χ2n) is 4.45. The smallest absolute Gasteiger partial charge is 0.382 e. The van der Waals surface area contributed by atoms with Crippen LogP contribution in [-0.2, 0) is 10.9 Å². The average Bonchev–Trinajstić information content (AvgIpc) is 2.37. The van der Waals surface area contributed by atoms with Crippen LogP contribution in [-0.4, -0.2) is 19.3 Å². The van der Waals surface area contributed by atoms with Crippen LogP contribution in [0.15, 0.2) is 24.3 Å². The largest absolute Gasteiger partial charge is 0.416 e. The average molecular weight is 259 g/mol. The van der Waals surface area contributed by atoms with Crippen molar-refractivity contribution >= 4 is 5.69 Å². The Morgan fingerprint density at radius 2 is 2.11 bits per heavy atom. The lowest BCUT2D eigenvalue weighted by molar-refractivity contribution is -0.137. The van der Waals surface area contributed by atoms with Crippen LogP contribution < -0.4 is 5.32 Å². The van der Waals surface area contributed by atoms with E-state index in [4.69, 9.17) is 4.74 Å². The highest BCUT2D eigenvalue weighted by molar-refractivity contribution is 5.46. The first-order chi connectivity index (χ1) is 8.55. The summed E-state index contributed by atoms with van der Waals surface area (Å²) >= 11 is 0. The first-order valence-electron chi connectivity index (χ1n) is 6.08. The standard InChI is InChI=1S/C13H16F3NO/c14-13(15,16)10-4-3-5-11(8-10)17-9-12-6-1-2-7-18-12/h3-5,8,12,17H,1-2,6-7,9H2. The van der Waals surface area contributed by atoms with E-state index < -0.39 is 11.7 Å². The fourth-order valence-electron chi connectivity index (χ4n) is 2.01. The van der Waals surface area contributed by atoms with Gasteiger partial charge in [0.15, 0.2) is 0 Å². The number of hydrogen-bond donors (Lipinski definition) is 1. The molecule has 1 aliphatic heterocycles. The van der Waals surface area contributed by atoms with Crippen LogP contribution in [0.1, 0.15) is 24.8 Å².